The smallest absolute Gasteiger partial charge is 0.336 e. The maximum atomic E-state index is 11.7. The molecular weight excluding hydrogens is 274 g/mol. The van der Waals surface area contributed by atoms with Crippen LogP contribution in [0.25, 0.3) is 0 Å². The second-order valence-corrected chi connectivity index (χ2v) is 4.76. The van der Waals surface area contributed by atoms with Crippen LogP contribution in [0.5, 0.6) is 0 Å². The molecule has 0 radical (unpaired) electrons. The number of aromatic carboxylic acids is 2. The molecule has 1 unspecified atom stereocenters. The van der Waals surface area contributed by atoms with Crippen molar-refractivity contribution in [3.63, 3.8) is 0 Å². The summed E-state index contributed by atoms with van der Waals surface area (Å²) >= 11 is 5.86. The molecule has 1 fully saturated rings. The number of halogens is 1. The van der Waals surface area contributed by atoms with Gasteiger partial charge in [0.2, 0.25) is 5.91 Å². The van der Waals surface area contributed by atoms with E-state index in [1.807, 2.05) is 0 Å². The van der Waals surface area contributed by atoms with Crippen LogP contribution in [0.3, 0.4) is 0 Å². The first kappa shape index (κ1) is 13.4. The molecule has 100 valence electrons. The maximum absolute atomic E-state index is 11.7. The van der Waals surface area contributed by atoms with Crippen molar-refractivity contribution in [3.8, 4) is 0 Å². The van der Waals surface area contributed by atoms with Crippen LogP contribution in [-0.2, 0) is 4.79 Å². The number of hydrogen-bond donors (Lipinski definition) is 2. The first-order valence-corrected chi connectivity index (χ1v) is 5.89. The summed E-state index contributed by atoms with van der Waals surface area (Å²) in [6, 6.07) is 3.76. The summed E-state index contributed by atoms with van der Waals surface area (Å²) in [5.74, 6) is -2.89. The highest BCUT2D eigenvalue weighted by molar-refractivity contribution is 6.24. The molecule has 1 saturated heterocycles. The van der Waals surface area contributed by atoms with Crippen LogP contribution in [0.1, 0.15) is 27.1 Å². The van der Waals surface area contributed by atoms with Gasteiger partial charge in [0.1, 0.15) is 0 Å². The number of alkyl halides is 1. The van der Waals surface area contributed by atoms with Crippen LogP contribution in [-0.4, -0.2) is 40.0 Å². The van der Waals surface area contributed by atoms with Gasteiger partial charge in [0, 0.05) is 18.7 Å². The van der Waals surface area contributed by atoms with Crippen molar-refractivity contribution >= 4 is 35.1 Å². The molecule has 0 saturated carbocycles. The molecule has 1 aliphatic heterocycles. The first-order chi connectivity index (χ1) is 8.90. The molecule has 19 heavy (non-hydrogen) atoms. The van der Waals surface area contributed by atoms with Crippen molar-refractivity contribution in [2.45, 2.75) is 11.8 Å². The minimum absolute atomic E-state index is 0.185. The lowest BCUT2D eigenvalue weighted by Crippen LogP contribution is -2.25. The van der Waals surface area contributed by atoms with E-state index in [9.17, 15) is 14.4 Å². The van der Waals surface area contributed by atoms with E-state index in [1.54, 1.807) is 0 Å². The van der Waals surface area contributed by atoms with Gasteiger partial charge in [0.15, 0.2) is 0 Å². The Bertz CT molecular complexity index is 571. The molecule has 2 N–H and O–H groups in total. The molecule has 1 atom stereocenters. The highest BCUT2D eigenvalue weighted by Gasteiger charge is 2.30. The fraction of sp³-hybridized carbons (Fsp3) is 0.250. The summed E-state index contributed by atoms with van der Waals surface area (Å²) in [5, 5.41) is 17.6. The number of rotatable bonds is 3. The highest BCUT2D eigenvalue weighted by Crippen LogP contribution is 2.26. The number of carbonyl (C=O) groups is 3. The van der Waals surface area contributed by atoms with Crippen LogP contribution in [0.15, 0.2) is 18.2 Å². The van der Waals surface area contributed by atoms with Crippen molar-refractivity contribution in [1.29, 1.82) is 0 Å². The van der Waals surface area contributed by atoms with Gasteiger partial charge in [-0.1, -0.05) is 0 Å². The SMILES string of the molecule is O=C(O)c1ccc(N2CC(Cl)CC2=O)cc1C(=O)O. The fourth-order valence-corrected chi connectivity index (χ4v) is 2.25. The lowest BCUT2D eigenvalue weighted by atomic mass is 10.1. The van der Waals surface area contributed by atoms with Gasteiger partial charge >= 0.3 is 11.9 Å². The fourth-order valence-electron chi connectivity index (χ4n) is 1.98. The Hall–Kier alpha value is -2.08. The van der Waals surface area contributed by atoms with Crippen molar-refractivity contribution in [2.75, 3.05) is 11.4 Å². The molecule has 0 aromatic heterocycles. The largest absolute Gasteiger partial charge is 0.478 e. The quantitative estimate of drug-likeness (QED) is 0.818. The Labute approximate surface area is 113 Å². The summed E-state index contributed by atoms with van der Waals surface area (Å²) in [6.45, 7) is 0.284. The molecular formula is C12H10ClNO5. The van der Waals surface area contributed by atoms with E-state index >= 15 is 0 Å². The summed E-state index contributed by atoms with van der Waals surface area (Å²) in [4.78, 5) is 35.0. The van der Waals surface area contributed by atoms with Crippen molar-refractivity contribution in [2.24, 2.45) is 0 Å². The van der Waals surface area contributed by atoms with Crippen molar-refractivity contribution in [3.05, 3.63) is 29.3 Å². The average molecular weight is 284 g/mol. The second-order valence-electron chi connectivity index (χ2n) is 4.15. The number of carbonyl (C=O) groups excluding carboxylic acids is 1. The van der Waals surface area contributed by atoms with Crippen LogP contribution in [0, 0.1) is 0 Å². The van der Waals surface area contributed by atoms with Crippen molar-refractivity contribution in [1.82, 2.24) is 0 Å². The normalized spacial score (nSPS) is 18.7. The van der Waals surface area contributed by atoms with E-state index < -0.39 is 11.9 Å². The van der Waals surface area contributed by atoms with Crippen LogP contribution >= 0.6 is 11.6 Å². The van der Waals surface area contributed by atoms with E-state index in [0.29, 0.717) is 5.69 Å². The second kappa shape index (κ2) is 4.89. The molecule has 1 aliphatic rings. The molecule has 1 heterocycles. The number of amides is 1. The maximum Gasteiger partial charge on any atom is 0.336 e. The van der Waals surface area contributed by atoms with Gasteiger partial charge in [-0.25, -0.2) is 9.59 Å². The third kappa shape index (κ3) is 2.53. The monoisotopic (exact) mass is 283 g/mol. The number of nitrogens with zero attached hydrogens (tertiary/aromatic N) is 1. The zero-order chi connectivity index (χ0) is 14.2. The Morgan fingerprint density at radius 2 is 1.84 bits per heavy atom. The Balaban J connectivity index is 2.44. The van der Waals surface area contributed by atoms with Gasteiger partial charge in [0.05, 0.1) is 16.5 Å². The summed E-state index contributed by atoms with van der Waals surface area (Å²) in [5.41, 5.74) is -0.323. The molecule has 2 rings (SSSR count). The van der Waals surface area contributed by atoms with E-state index in [1.165, 1.54) is 23.1 Å². The van der Waals surface area contributed by atoms with E-state index in [0.717, 1.165) is 0 Å². The lowest BCUT2D eigenvalue weighted by molar-refractivity contribution is -0.117. The molecule has 0 bridgehead atoms. The molecule has 6 nitrogen and oxygen atoms in total. The standard InChI is InChI=1S/C12H10ClNO5/c13-6-3-10(15)14(5-6)7-1-2-8(11(16)17)9(4-7)12(18)19/h1-2,4,6H,3,5H2,(H,16,17)(H,18,19). The van der Waals surface area contributed by atoms with Crippen LogP contribution in [0.2, 0.25) is 0 Å². The molecule has 7 heteroatoms. The zero-order valence-electron chi connectivity index (χ0n) is 9.67. The number of benzene rings is 1. The zero-order valence-corrected chi connectivity index (χ0v) is 10.4. The Morgan fingerprint density at radius 1 is 1.21 bits per heavy atom. The summed E-state index contributed by atoms with van der Waals surface area (Å²) in [6.07, 6.45) is 0.185. The molecule has 0 aliphatic carbocycles. The van der Waals surface area contributed by atoms with Gasteiger partial charge < -0.3 is 15.1 Å². The van der Waals surface area contributed by atoms with E-state index in [-0.39, 0.29) is 35.4 Å². The van der Waals surface area contributed by atoms with Gasteiger partial charge in [-0.2, -0.15) is 0 Å². The van der Waals surface area contributed by atoms with Gasteiger partial charge in [-0.3, -0.25) is 4.79 Å². The number of anilines is 1. The first-order valence-electron chi connectivity index (χ1n) is 5.45. The molecule has 1 aromatic carbocycles. The van der Waals surface area contributed by atoms with Gasteiger partial charge in [-0.15, -0.1) is 11.6 Å². The predicted molar refractivity (Wildman–Crippen MR) is 67.0 cm³/mol. The summed E-state index contributed by atoms with van der Waals surface area (Å²) < 4.78 is 0. The van der Waals surface area contributed by atoms with E-state index in [2.05, 4.69) is 0 Å². The van der Waals surface area contributed by atoms with Crippen LogP contribution < -0.4 is 4.90 Å². The predicted octanol–water partition coefficient (Wildman–Crippen LogP) is 1.43. The highest BCUT2D eigenvalue weighted by atomic mass is 35.5. The van der Waals surface area contributed by atoms with Gasteiger partial charge in [-0.05, 0) is 18.2 Å². The van der Waals surface area contributed by atoms with Crippen molar-refractivity contribution < 1.29 is 24.6 Å². The van der Waals surface area contributed by atoms with Gasteiger partial charge in [0.25, 0.3) is 0 Å². The Morgan fingerprint density at radius 3 is 2.32 bits per heavy atom. The molecule has 1 amide bonds. The third-order valence-corrected chi connectivity index (χ3v) is 3.15. The minimum Gasteiger partial charge on any atom is -0.478 e. The molecule has 1 aromatic rings. The topological polar surface area (TPSA) is 94.9 Å². The number of carboxylic acid groups (broad SMARTS) is 2. The van der Waals surface area contributed by atoms with E-state index in [4.69, 9.17) is 21.8 Å². The number of hydrogen-bond acceptors (Lipinski definition) is 3. The summed E-state index contributed by atoms with van der Waals surface area (Å²) in [7, 11) is 0. The minimum atomic E-state index is -1.35. The van der Waals surface area contributed by atoms with Crippen LogP contribution in [0.4, 0.5) is 5.69 Å². The third-order valence-electron chi connectivity index (χ3n) is 2.85. The molecule has 0 spiro atoms. The Kier molecular flexibility index (Phi) is 3.44. The number of carboxylic acids is 2. The lowest BCUT2D eigenvalue weighted by Gasteiger charge is -2.17. The average Bonchev–Trinajstić information content (AvgIpc) is 2.67.